The number of alkyl carbamates (subject to hydrolysis) is 1. The second-order valence-corrected chi connectivity index (χ2v) is 9.04. The molecular formula is C26H32N2O5. The summed E-state index contributed by atoms with van der Waals surface area (Å²) in [7, 11) is 0. The van der Waals surface area contributed by atoms with Crippen LogP contribution in [-0.2, 0) is 14.3 Å². The summed E-state index contributed by atoms with van der Waals surface area (Å²) in [4.78, 5) is 37.0. The number of hydrogen-bond donors (Lipinski definition) is 3. The van der Waals surface area contributed by atoms with Gasteiger partial charge in [-0.1, -0.05) is 62.4 Å². The van der Waals surface area contributed by atoms with E-state index in [0.717, 1.165) is 22.3 Å². The maximum absolute atomic E-state index is 12.8. The van der Waals surface area contributed by atoms with E-state index in [1.807, 2.05) is 36.4 Å². The van der Waals surface area contributed by atoms with Gasteiger partial charge in [-0.05, 0) is 48.9 Å². The van der Waals surface area contributed by atoms with Gasteiger partial charge in [0.15, 0.2) is 0 Å². The molecule has 176 valence electrons. The van der Waals surface area contributed by atoms with Gasteiger partial charge in [0, 0.05) is 12.5 Å². The van der Waals surface area contributed by atoms with Gasteiger partial charge < -0.3 is 20.5 Å². The number of ether oxygens (including phenoxy) is 1. The van der Waals surface area contributed by atoms with Gasteiger partial charge in [0.25, 0.3) is 0 Å². The number of hydrogen-bond acceptors (Lipinski definition) is 4. The molecule has 7 nitrogen and oxygen atoms in total. The number of amides is 2. The molecule has 0 fully saturated rings. The maximum Gasteiger partial charge on any atom is 0.408 e. The summed E-state index contributed by atoms with van der Waals surface area (Å²) in [6.07, 6.45) is -0.00245. The van der Waals surface area contributed by atoms with Crippen molar-refractivity contribution in [2.45, 2.75) is 52.0 Å². The first-order chi connectivity index (χ1) is 15.6. The molecule has 0 bridgehead atoms. The minimum atomic E-state index is -1.23. The summed E-state index contributed by atoms with van der Waals surface area (Å²) in [5, 5.41) is 14.8. The van der Waals surface area contributed by atoms with Crippen LogP contribution in [0.25, 0.3) is 11.1 Å². The minimum Gasteiger partial charge on any atom is -0.481 e. The molecule has 3 rings (SSSR count). The lowest BCUT2D eigenvalue weighted by molar-refractivity contribution is -0.148. The van der Waals surface area contributed by atoms with Crippen molar-refractivity contribution in [3.63, 3.8) is 0 Å². The average Bonchev–Trinajstić information content (AvgIpc) is 3.14. The zero-order chi connectivity index (χ0) is 24.2. The van der Waals surface area contributed by atoms with Gasteiger partial charge >= 0.3 is 12.1 Å². The van der Waals surface area contributed by atoms with Crippen molar-refractivity contribution in [2.75, 3.05) is 13.2 Å². The molecule has 2 atom stereocenters. The Morgan fingerprint density at radius 3 is 1.97 bits per heavy atom. The predicted molar refractivity (Wildman–Crippen MR) is 126 cm³/mol. The largest absolute Gasteiger partial charge is 0.481 e. The van der Waals surface area contributed by atoms with Crippen LogP contribution in [0.15, 0.2) is 48.5 Å². The van der Waals surface area contributed by atoms with E-state index in [2.05, 4.69) is 22.8 Å². The molecule has 0 saturated heterocycles. The Bertz CT molecular complexity index is 1010. The quantitative estimate of drug-likeness (QED) is 0.526. The molecule has 1 aliphatic carbocycles. The van der Waals surface area contributed by atoms with Gasteiger partial charge in [0.1, 0.15) is 12.1 Å². The van der Waals surface area contributed by atoms with E-state index >= 15 is 0 Å². The van der Waals surface area contributed by atoms with E-state index in [0.29, 0.717) is 12.8 Å². The lowest BCUT2D eigenvalue weighted by Crippen LogP contribution is -2.58. The summed E-state index contributed by atoms with van der Waals surface area (Å²) in [5.74, 6) is -1.50. The van der Waals surface area contributed by atoms with Crippen molar-refractivity contribution in [3.8, 4) is 11.1 Å². The number of aliphatic carboxylic acids is 1. The summed E-state index contributed by atoms with van der Waals surface area (Å²) < 4.78 is 5.57. The number of carboxylic acids is 1. The van der Waals surface area contributed by atoms with Gasteiger partial charge in [0.05, 0.1) is 5.41 Å². The van der Waals surface area contributed by atoms with Crippen LogP contribution >= 0.6 is 0 Å². The highest BCUT2D eigenvalue weighted by Crippen LogP contribution is 2.44. The summed E-state index contributed by atoms with van der Waals surface area (Å²) in [6.45, 7) is 6.84. The van der Waals surface area contributed by atoms with Gasteiger partial charge in [0.2, 0.25) is 5.91 Å². The van der Waals surface area contributed by atoms with Crippen LogP contribution in [0.4, 0.5) is 4.79 Å². The van der Waals surface area contributed by atoms with Crippen molar-refractivity contribution >= 4 is 18.0 Å². The number of fused-ring (bicyclic) bond motifs is 3. The third kappa shape index (κ3) is 4.87. The lowest BCUT2D eigenvalue weighted by atomic mass is 9.87. The monoisotopic (exact) mass is 452 g/mol. The second-order valence-electron chi connectivity index (χ2n) is 9.04. The first kappa shape index (κ1) is 24.3. The van der Waals surface area contributed by atoms with Crippen molar-refractivity contribution in [3.05, 3.63) is 59.7 Å². The molecule has 0 saturated carbocycles. The van der Waals surface area contributed by atoms with E-state index in [9.17, 15) is 19.5 Å². The average molecular weight is 453 g/mol. The number of nitrogens with one attached hydrogen (secondary N) is 2. The topological polar surface area (TPSA) is 105 Å². The highest BCUT2D eigenvalue weighted by molar-refractivity contribution is 5.90. The van der Waals surface area contributed by atoms with Crippen LogP contribution in [0.2, 0.25) is 0 Å². The van der Waals surface area contributed by atoms with Gasteiger partial charge in [-0.3, -0.25) is 9.59 Å². The molecule has 0 spiro atoms. The molecule has 33 heavy (non-hydrogen) atoms. The summed E-state index contributed by atoms with van der Waals surface area (Å²) >= 11 is 0. The predicted octanol–water partition coefficient (Wildman–Crippen LogP) is 4.31. The first-order valence-electron chi connectivity index (χ1n) is 11.3. The molecule has 1 aliphatic rings. The number of carboxylic acid groups (broad SMARTS) is 1. The Kier molecular flexibility index (Phi) is 7.10. The third-order valence-electron chi connectivity index (χ3n) is 6.87. The van der Waals surface area contributed by atoms with Gasteiger partial charge in [-0.15, -0.1) is 0 Å². The smallest absolute Gasteiger partial charge is 0.408 e. The van der Waals surface area contributed by atoms with Crippen molar-refractivity contribution in [2.24, 2.45) is 5.41 Å². The van der Waals surface area contributed by atoms with Crippen LogP contribution in [-0.4, -0.2) is 41.8 Å². The first-order valence-corrected chi connectivity index (χ1v) is 11.3. The van der Waals surface area contributed by atoms with E-state index in [1.54, 1.807) is 27.7 Å². The Hall–Kier alpha value is -3.35. The molecular weight excluding hydrogens is 420 g/mol. The zero-order valence-corrected chi connectivity index (χ0v) is 19.6. The number of carbonyl (C=O) groups excluding carboxylic acids is 2. The molecule has 2 amide bonds. The van der Waals surface area contributed by atoms with E-state index in [-0.39, 0.29) is 19.1 Å². The van der Waals surface area contributed by atoms with E-state index in [4.69, 9.17) is 4.74 Å². The highest BCUT2D eigenvalue weighted by atomic mass is 16.5. The van der Waals surface area contributed by atoms with E-state index in [1.165, 1.54) is 0 Å². The molecule has 2 aromatic rings. The Morgan fingerprint density at radius 2 is 1.48 bits per heavy atom. The molecule has 7 heteroatoms. The van der Waals surface area contributed by atoms with Crippen LogP contribution in [0.5, 0.6) is 0 Å². The highest BCUT2D eigenvalue weighted by Gasteiger charge is 2.38. The van der Waals surface area contributed by atoms with Crippen molar-refractivity contribution < 1.29 is 24.2 Å². The van der Waals surface area contributed by atoms with Crippen molar-refractivity contribution in [1.82, 2.24) is 10.6 Å². The number of benzene rings is 2. The fraction of sp³-hybridized carbons (Fsp3) is 0.423. The zero-order valence-electron chi connectivity index (χ0n) is 19.6. The van der Waals surface area contributed by atoms with Crippen molar-refractivity contribution in [1.29, 1.82) is 0 Å². The molecule has 0 aliphatic heterocycles. The normalized spacial score (nSPS) is 16.0. The lowest BCUT2D eigenvalue weighted by Gasteiger charge is -2.30. The van der Waals surface area contributed by atoms with E-state index < -0.39 is 28.9 Å². The minimum absolute atomic E-state index is 0.0281. The Labute approximate surface area is 194 Å². The molecule has 0 radical (unpaired) electrons. The number of carbonyl (C=O) groups is 3. The molecule has 0 heterocycles. The van der Waals surface area contributed by atoms with Gasteiger partial charge in [-0.2, -0.15) is 0 Å². The molecule has 3 N–H and O–H groups in total. The Balaban J connectivity index is 1.65. The fourth-order valence-electron chi connectivity index (χ4n) is 3.99. The molecule has 0 aromatic heterocycles. The maximum atomic E-state index is 12.8. The Morgan fingerprint density at radius 1 is 0.939 bits per heavy atom. The summed E-state index contributed by atoms with van der Waals surface area (Å²) in [6, 6.07) is 16.1. The van der Waals surface area contributed by atoms with Crippen LogP contribution in [0, 0.1) is 5.41 Å². The molecule has 2 unspecified atom stereocenters. The summed E-state index contributed by atoms with van der Waals surface area (Å²) in [5.41, 5.74) is 2.18. The third-order valence-corrected chi connectivity index (χ3v) is 6.87. The van der Waals surface area contributed by atoms with Gasteiger partial charge in [-0.25, -0.2) is 4.79 Å². The van der Waals surface area contributed by atoms with Crippen LogP contribution in [0.3, 0.4) is 0 Å². The van der Waals surface area contributed by atoms with Crippen LogP contribution < -0.4 is 10.6 Å². The standard InChI is InChI=1S/C26H32N2O5/c1-5-25(3,23(30)31)16-27-22(29)26(4,6-2)28-24(32)33-15-21-19-13-9-7-11-17(19)18-12-8-10-14-20(18)21/h7-14,21H,5-6,15-16H2,1-4H3,(H,27,29)(H,28,32)(H,30,31). The fourth-order valence-corrected chi connectivity index (χ4v) is 3.99. The SMILES string of the molecule is CCC(C)(CNC(=O)C(C)(CC)NC(=O)OCC1c2ccccc2-c2ccccc21)C(=O)O. The number of rotatable bonds is 9. The molecule has 2 aromatic carbocycles. The van der Waals surface area contributed by atoms with Crippen LogP contribution in [0.1, 0.15) is 57.6 Å². The second kappa shape index (κ2) is 9.65.